The van der Waals surface area contributed by atoms with Crippen LogP contribution in [0.2, 0.25) is 0 Å². The van der Waals surface area contributed by atoms with Crippen LogP contribution in [0.5, 0.6) is 0 Å². The lowest BCUT2D eigenvalue weighted by atomic mass is 9.98. The van der Waals surface area contributed by atoms with Crippen LogP contribution in [0.15, 0.2) is 35.1 Å². The average Bonchev–Trinajstić information content (AvgIpc) is 2.88. The van der Waals surface area contributed by atoms with E-state index in [1.54, 1.807) is 23.4 Å². The average molecular weight is 381 g/mol. The van der Waals surface area contributed by atoms with Crippen LogP contribution >= 0.6 is 15.9 Å². The van der Waals surface area contributed by atoms with Crippen LogP contribution in [0.4, 0.5) is 8.78 Å². The molecule has 23 heavy (non-hydrogen) atoms. The number of nitrogens with zero attached hydrogens (tertiary/aromatic N) is 2. The van der Waals surface area contributed by atoms with Crippen molar-refractivity contribution in [3.63, 3.8) is 0 Å². The Morgan fingerprint density at radius 3 is 2.87 bits per heavy atom. The monoisotopic (exact) mass is 380 g/mol. The minimum atomic E-state index is -0.901. The molecule has 1 aliphatic rings. The smallest absolute Gasteiger partial charge is 0.223 e. The van der Waals surface area contributed by atoms with Gasteiger partial charge in [-0.15, -0.1) is 0 Å². The van der Waals surface area contributed by atoms with E-state index in [9.17, 15) is 13.6 Å². The first-order valence-corrected chi connectivity index (χ1v) is 8.06. The maximum atomic E-state index is 13.6. The third-order valence-corrected chi connectivity index (χ3v) is 4.77. The SMILES string of the molecule is Cc1cnccc1CN1C[C@@H](c2cc(F)c(F)c(Br)c2)CC1=O. The quantitative estimate of drug-likeness (QED) is 0.755. The summed E-state index contributed by atoms with van der Waals surface area (Å²) in [5, 5.41) is 0. The van der Waals surface area contributed by atoms with E-state index >= 15 is 0 Å². The number of aryl methyl sites for hydroxylation is 1. The first kappa shape index (κ1) is 16.1. The zero-order valence-corrected chi connectivity index (χ0v) is 14.1. The summed E-state index contributed by atoms with van der Waals surface area (Å²) in [6, 6.07) is 4.63. The van der Waals surface area contributed by atoms with Crippen LogP contribution in [0.25, 0.3) is 0 Å². The van der Waals surface area contributed by atoms with Crippen molar-refractivity contribution in [2.45, 2.75) is 25.8 Å². The van der Waals surface area contributed by atoms with Crippen LogP contribution in [0, 0.1) is 18.6 Å². The van der Waals surface area contributed by atoms with E-state index in [0.29, 0.717) is 25.1 Å². The molecule has 0 N–H and O–H groups in total. The zero-order valence-electron chi connectivity index (χ0n) is 12.5. The number of hydrogen-bond donors (Lipinski definition) is 0. The van der Waals surface area contributed by atoms with Crippen LogP contribution in [-0.2, 0) is 11.3 Å². The Morgan fingerprint density at radius 2 is 2.17 bits per heavy atom. The number of pyridine rings is 1. The molecule has 1 aromatic carbocycles. The highest BCUT2D eigenvalue weighted by molar-refractivity contribution is 9.10. The summed E-state index contributed by atoms with van der Waals surface area (Å²) >= 11 is 3.02. The van der Waals surface area contributed by atoms with Crippen LogP contribution < -0.4 is 0 Å². The third-order valence-electron chi connectivity index (χ3n) is 4.19. The minimum absolute atomic E-state index is 0.0204. The number of amides is 1. The van der Waals surface area contributed by atoms with E-state index in [-0.39, 0.29) is 16.3 Å². The lowest BCUT2D eigenvalue weighted by Gasteiger charge is -2.18. The summed E-state index contributed by atoms with van der Waals surface area (Å²) in [6.45, 7) is 2.96. The summed E-state index contributed by atoms with van der Waals surface area (Å²) in [7, 11) is 0. The number of likely N-dealkylation sites (tertiary alicyclic amines) is 1. The van der Waals surface area contributed by atoms with Gasteiger partial charge < -0.3 is 4.90 Å². The number of halogens is 3. The molecule has 0 bridgehead atoms. The molecule has 6 heteroatoms. The van der Waals surface area contributed by atoms with Crippen molar-refractivity contribution < 1.29 is 13.6 Å². The Bertz CT molecular complexity index is 743. The van der Waals surface area contributed by atoms with Gasteiger partial charge in [0, 0.05) is 37.8 Å². The second-order valence-corrected chi connectivity index (χ2v) is 6.63. The molecule has 1 aromatic heterocycles. The van der Waals surface area contributed by atoms with Crippen molar-refractivity contribution in [3.05, 3.63) is 63.4 Å². The zero-order chi connectivity index (χ0) is 16.6. The highest BCUT2D eigenvalue weighted by Crippen LogP contribution is 2.32. The molecule has 3 rings (SSSR count). The molecule has 1 amide bonds. The van der Waals surface area contributed by atoms with Crippen molar-refractivity contribution in [1.82, 2.24) is 9.88 Å². The lowest BCUT2D eigenvalue weighted by molar-refractivity contribution is -0.128. The standard InChI is InChI=1S/C17H15BrF2N2O/c1-10-7-21-3-2-11(10)8-22-9-13(6-16(22)23)12-4-14(18)17(20)15(19)5-12/h2-5,7,13H,6,8-9H2,1H3/t13-/m0/s1. The molecular formula is C17H15BrF2N2O. The fraction of sp³-hybridized carbons (Fsp3) is 0.294. The third kappa shape index (κ3) is 3.27. The number of benzene rings is 1. The van der Waals surface area contributed by atoms with E-state index in [2.05, 4.69) is 20.9 Å². The second-order valence-electron chi connectivity index (χ2n) is 5.78. The molecular weight excluding hydrogens is 366 g/mol. The van der Waals surface area contributed by atoms with Crippen LogP contribution in [-0.4, -0.2) is 22.3 Å². The maximum absolute atomic E-state index is 13.6. The van der Waals surface area contributed by atoms with Gasteiger partial charge in [-0.05, 0) is 57.7 Å². The molecule has 1 aliphatic heterocycles. The highest BCUT2D eigenvalue weighted by atomic mass is 79.9. The van der Waals surface area contributed by atoms with Gasteiger partial charge in [0.2, 0.25) is 5.91 Å². The van der Waals surface area contributed by atoms with Crippen molar-refractivity contribution in [1.29, 1.82) is 0 Å². The molecule has 0 unspecified atom stereocenters. The Kier molecular flexibility index (Phi) is 4.43. The van der Waals surface area contributed by atoms with E-state index in [1.165, 1.54) is 6.07 Å². The van der Waals surface area contributed by atoms with E-state index in [0.717, 1.165) is 11.1 Å². The largest absolute Gasteiger partial charge is 0.338 e. The highest BCUT2D eigenvalue weighted by Gasteiger charge is 2.31. The van der Waals surface area contributed by atoms with Gasteiger partial charge in [0.25, 0.3) is 0 Å². The number of aromatic nitrogens is 1. The predicted molar refractivity (Wildman–Crippen MR) is 85.8 cm³/mol. The Hall–Kier alpha value is -1.82. The topological polar surface area (TPSA) is 33.2 Å². The second kappa shape index (κ2) is 6.35. The summed E-state index contributed by atoms with van der Waals surface area (Å²) in [5.41, 5.74) is 2.71. The molecule has 1 saturated heterocycles. The van der Waals surface area contributed by atoms with Gasteiger partial charge in [0.1, 0.15) is 0 Å². The summed E-state index contributed by atoms with van der Waals surface area (Å²) in [6.07, 6.45) is 3.77. The summed E-state index contributed by atoms with van der Waals surface area (Å²) in [5.74, 6) is -1.91. The van der Waals surface area contributed by atoms with Gasteiger partial charge in [-0.1, -0.05) is 0 Å². The first-order chi connectivity index (χ1) is 11.0. The van der Waals surface area contributed by atoms with E-state index in [1.807, 2.05) is 13.0 Å². The van der Waals surface area contributed by atoms with Crippen LogP contribution in [0.1, 0.15) is 29.0 Å². The molecule has 2 aromatic rings. The molecule has 0 aliphatic carbocycles. The van der Waals surface area contributed by atoms with Crippen molar-refractivity contribution >= 4 is 21.8 Å². The van der Waals surface area contributed by atoms with E-state index < -0.39 is 11.6 Å². The maximum Gasteiger partial charge on any atom is 0.223 e. The molecule has 0 spiro atoms. The van der Waals surface area contributed by atoms with Gasteiger partial charge in [-0.2, -0.15) is 0 Å². The van der Waals surface area contributed by atoms with Gasteiger partial charge in [-0.25, -0.2) is 8.78 Å². The first-order valence-electron chi connectivity index (χ1n) is 7.27. The van der Waals surface area contributed by atoms with Crippen molar-refractivity contribution in [3.8, 4) is 0 Å². The van der Waals surface area contributed by atoms with Crippen molar-refractivity contribution in [2.75, 3.05) is 6.54 Å². The normalized spacial score (nSPS) is 17.8. The number of hydrogen-bond acceptors (Lipinski definition) is 2. The Labute approximate surface area is 141 Å². The molecule has 1 atom stereocenters. The lowest BCUT2D eigenvalue weighted by Crippen LogP contribution is -2.24. The summed E-state index contributed by atoms with van der Waals surface area (Å²) in [4.78, 5) is 18.0. The van der Waals surface area contributed by atoms with Crippen LogP contribution in [0.3, 0.4) is 0 Å². The van der Waals surface area contributed by atoms with E-state index in [4.69, 9.17) is 0 Å². The summed E-state index contributed by atoms with van der Waals surface area (Å²) < 4.78 is 27.0. The predicted octanol–water partition coefficient (Wildman–Crippen LogP) is 3.95. The molecule has 120 valence electrons. The molecule has 3 nitrogen and oxygen atoms in total. The molecule has 0 radical (unpaired) electrons. The van der Waals surface area contributed by atoms with Crippen molar-refractivity contribution in [2.24, 2.45) is 0 Å². The number of carbonyl (C=O) groups is 1. The Balaban J connectivity index is 1.79. The molecule has 1 fully saturated rings. The van der Waals surface area contributed by atoms with Gasteiger partial charge >= 0.3 is 0 Å². The van der Waals surface area contributed by atoms with Gasteiger partial charge in [0.05, 0.1) is 4.47 Å². The minimum Gasteiger partial charge on any atom is -0.338 e. The fourth-order valence-electron chi connectivity index (χ4n) is 2.84. The number of rotatable bonds is 3. The number of carbonyl (C=O) groups excluding carboxylic acids is 1. The fourth-order valence-corrected chi connectivity index (χ4v) is 3.30. The molecule has 2 heterocycles. The Morgan fingerprint density at radius 1 is 1.39 bits per heavy atom. The molecule has 0 saturated carbocycles. The van der Waals surface area contributed by atoms with Gasteiger partial charge in [-0.3, -0.25) is 9.78 Å². The van der Waals surface area contributed by atoms with Gasteiger partial charge in [0.15, 0.2) is 11.6 Å².